The first-order valence-electron chi connectivity index (χ1n) is 8.65. The van der Waals surface area contributed by atoms with Crippen molar-refractivity contribution in [1.82, 2.24) is 9.88 Å². The van der Waals surface area contributed by atoms with E-state index >= 15 is 0 Å². The largest absolute Gasteiger partial charge is 0.497 e. The van der Waals surface area contributed by atoms with E-state index < -0.39 is 0 Å². The zero-order valence-electron chi connectivity index (χ0n) is 14.3. The first-order valence-corrected chi connectivity index (χ1v) is 8.65. The number of benzene rings is 1. The summed E-state index contributed by atoms with van der Waals surface area (Å²) in [6.07, 6.45) is 5.39. The second kappa shape index (κ2) is 6.70. The van der Waals surface area contributed by atoms with Crippen molar-refractivity contribution in [2.24, 2.45) is 0 Å². The summed E-state index contributed by atoms with van der Waals surface area (Å²) in [5, 5.41) is 1.20. The summed E-state index contributed by atoms with van der Waals surface area (Å²) < 4.78 is 15.9. The topological polar surface area (TPSA) is 63.8 Å². The summed E-state index contributed by atoms with van der Waals surface area (Å²) in [4.78, 5) is 17.7. The van der Waals surface area contributed by atoms with Crippen LogP contribution in [-0.2, 0) is 14.3 Å². The Bertz CT molecular complexity index is 803. The minimum Gasteiger partial charge on any atom is -0.497 e. The van der Waals surface area contributed by atoms with Crippen molar-refractivity contribution in [2.45, 2.75) is 18.8 Å². The van der Waals surface area contributed by atoms with Gasteiger partial charge in [0, 0.05) is 30.2 Å². The van der Waals surface area contributed by atoms with E-state index in [0.717, 1.165) is 37.2 Å². The molecular weight excluding hydrogens is 320 g/mol. The Hall–Kier alpha value is -2.63. The average Bonchev–Trinajstić information content (AvgIpc) is 3.11. The quantitative estimate of drug-likeness (QED) is 0.932. The van der Waals surface area contributed by atoms with Crippen LogP contribution in [0, 0.1) is 0 Å². The molecule has 2 aliphatic rings. The van der Waals surface area contributed by atoms with Gasteiger partial charge in [0.25, 0.3) is 5.91 Å². The van der Waals surface area contributed by atoms with Crippen LogP contribution in [0.5, 0.6) is 5.75 Å². The highest BCUT2D eigenvalue weighted by atomic mass is 16.6. The Labute approximate surface area is 146 Å². The van der Waals surface area contributed by atoms with Gasteiger partial charge in [-0.05, 0) is 42.5 Å². The first kappa shape index (κ1) is 15.9. The minimum atomic E-state index is -0.0706. The van der Waals surface area contributed by atoms with Crippen LogP contribution in [-0.4, -0.2) is 49.2 Å². The molecule has 132 valence electrons. The van der Waals surface area contributed by atoms with Crippen LogP contribution < -0.4 is 4.74 Å². The number of rotatable bonds is 3. The van der Waals surface area contributed by atoms with E-state index in [4.69, 9.17) is 14.2 Å². The molecule has 25 heavy (non-hydrogen) atoms. The highest BCUT2D eigenvalue weighted by Gasteiger charge is 2.28. The third-order valence-electron chi connectivity index (χ3n) is 5.00. The Morgan fingerprint density at radius 2 is 2.12 bits per heavy atom. The van der Waals surface area contributed by atoms with Crippen LogP contribution >= 0.6 is 0 Å². The molecule has 0 bridgehead atoms. The van der Waals surface area contributed by atoms with Gasteiger partial charge in [0.05, 0.1) is 7.11 Å². The van der Waals surface area contributed by atoms with Crippen molar-refractivity contribution in [1.29, 1.82) is 0 Å². The van der Waals surface area contributed by atoms with Crippen molar-refractivity contribution >= 4 is 16.8 Å². The molecule has 0 aliphatic carbocycles. The number of piperidine rings is 1. The molecule has 2 aromatic rings. The lowest BCUT2D eigenvalue weighted by Gasteiger charge is -2.32. The summed E-state index contributed by atoms with van der Waals surface area (Å²) in [6, 6.07) is 6.09. The van der Waals surface area contributed by atoms with Gasteiger partial charge in [-0.1, -0.05) is 0 Å². The lowest BCUT2D eigenvalue weighted by molar-refractivity contribution is -0.133. The summed E-state index contributed by atoms with van der Waals surface area (Å²) >= 11 is 0. The molecule has 1 aromatic heterocycles. The third-order valence-corrected chi connectivity index (χ3v) is 5.00. The van der Waals surface area contributed by atoms with Crippen LogP contribution in [0.15, 0.2) is 36.4 Å². The fraction of sp³-hybridized carbons (Fsp3) is 0.421. The van der Waals surface area contributed by atoms with Crippen molar-refractivity contribution in [3.63, 3.8) is 0 Å². The maximum Gasteiger partial charge on any atom is 0.292 e. The van der Waals surface area contributed by atoms with Gasteiger partial charge in [0.15, 0.2) is 0 Å². The van der Waals surface area contributed by atoms with Gasteiger partial charge in [-0.3, -0.25) is 4.79 Å². The monoisotopic (exact) mass is 342 g/mol. The fourth-order valence-electron chi connectivity index (χ4n) is 3.62. The predicted molar refractivity (Wildman–Crippen MR) is 93.4 cm³/mol. The fourth-order valence-corrected chi connectivity index (χ4v) is 3.62. The molecule has 1 amide bonds. The van der Waals surface area contributed by atoms with Gasteiger partial charge < -0.3 is 24.1 Å². The number of amides is 1. The molecule has 0 spiro atoms. The smallest absolute Gasteiger partial charge is 0.292 e. The number of methoxy groups -OCH3 is 1. The highest BCUT2D eigenvalue weighted by molar-refractivity contribution is 5.91. The van der Waals surface area contributed by atoms with Crippen molar-refractivity contribution < 1.29 is 19.0 Å². The number of hydrogen-bond acceptors (Lipinski definition) is 4. The SMILES string of the molecule is COc1ccc2[nH]cc(C3CCN(C(=O)C4=COCCO4)CC3)c2c1. The molecule has 0 radical (unpaired) electrons. The van der Waals surface area contributed by atoms with E-state index in [0.29, 0.717) is 24.9 Å². The van der Waals surface area contributed by atoms with E-state index in [1.807, 2.05) is 17.0 Å². The number of nitrogens with zero attached hydrogens (tertiary/aromatic N) is 1. The van der Waals surface area contributed by atoms with Crippen LogP contribution in [0.1, 0.15) is 24.3 Å². The number of carbonyl (C=O) groups is 1. The van der Waals surface area contributed by atoms with E-state index in [1.54, 1.807) is 7.11 Å². The standard InChI is InChI=1S/C19H22N2O4/c1-23-14-2-3-17-15(10-14)16(11-20-17)13-4-6-21(7-5-13)19(22)18-12-24-8-9-25-18/h2-3,10-13,20H,4-9H2,1H3. The Morgan fingerprint density at radius 3 is 2.84 bits per heavy atom. The van der Waals surface area contributed by atoms with Gasteiger partial charge in [-0.15, -0.1) is 0 Å². The second-order valence-corrected chi connectivity index (χ2v) is 6.42. The maximum absolute atomic E-state index is 12.5. The van der Waals surface area contributed by atoms with Crippen molar-refractivity contribution in [3.8, 4) is 5.75 Å². The summed E-state index contributed by atoms with van der Waals surface area (Å²) in [5.41, 5.74) is 2.42. The zero-order valence-corrected chi connectivity index (χ0v) is 14.3. The van der Waals surface area contributed by atoms with Crippen LogP contribution in [0.3, 0.4) is 0 Å². The number of ether oxygens (including phenoxy) is 3. The van der Waals surface area contributed by atoms with Gasteiger partial charge >= 0.3 is 0 Å². The van der Waals surface area contributed by atoms with Crippen molar-refractivity contribution in [2.75, 3.05) is 33.4 Å². The molecule has 1 aromatic carbocycles. The first-order chi connectivity index (χ1) is 12.3. The third kappa shape index (κ3) is 3.04. The normalized spacial score (nSPS) is 18.4. The van der Waals surface area contributed by atoms with E-state index in [9.17, 15) is 4.79 Å². The van der Waals surface area contributed by atoms with Crippen LogP contribution in [0.4, 0.5) is 0 Å². The summed E-state index contributed by atoms with van der Waals surface area (Å²) in [7, 11) is 1.68. The Kier molecular flexibility index (Phi) is 4.26. The lowest BCUT2D eigenvalue weighted by atomic mass is 9.89. The van der Waals surface area contributed by atoms with Gasteiger partial charge in [0.1, 0.15) is 25.2 Å². The summed E-state index contributed by atoms with van der Waals surface area (Å²) in [6.45, 7) is 2.38. The van der Waals surface area contributed by atoms with Crippen LogP contribution in [0.25, 0.3) is 10.9 Å². The maximum atomic E-state index is 12.5. The van der Waals surface area contributed by atoms with E-state index in [2.05, 4.69) is 17.2 Å². The van der Waals surface area contributed by atoms with Crippen molar-refractivity contribution in [3.05, 3.63) is 42.0 Å². The number of H-pyrrole nitrogens is 1. The number of likely N-dealkylation sites (tertiary alicyclic amines) is 1. The molecule has 6 heteroatoms. The van der Waals surface area contributed by atoms with Gasteiger partial charge in [-0.25, -0.2) is 0 Å². The van der Waals surface area contributed by atoms with Gasteiger partial charge in [-0.2, -0.15) is 0 Å². The molecule has 1 N–H and O–H groups in total. The predicted octanol–water partition coefficient (Wildman–Crippen LogP) is 2.77. The lowest BCUT2D eigenvalue weighted by Crippen LogP contribution is -2.39. The van der Waals surface area contributed by atoms with E-state index in [-0.39, 0.29) is 5.91 Å². The summed E-state index contributed by atoms with van der Waals surface area (Å²) in [5.74, 6) is 1.55. The molecule has 1 fully saturated rings. The van der Waals surface area contributed by atoms with Crippen LogP contribution in [0.2, 0.25) is 0 Å². The van der Waals surface area contributed by atoms with E-state index in [1.165, 1.54) is 17.2 Å². The Morgan fingerprint density at radius 1 is 1.28 bits per heavy atom. The number of carbonyl (C=O) groups excluding carboxylic acids is 1. The number of fused-ring (bicyclic) bond motifs is 1. The number of aromatic nitrogens is 1. The zero-order chi connectivity index (χ0) is 17.2. The second-order valence-electron chi connectivity index (χ2n) is 6.42. The molecule has 4 rings (SSSR count). The van der Waals surface area contributed by atoms with Gasteiger partial charge in [0.2, 0.25) is 5.76 Å². The average molecular weight is 342 g/mol. The number of hydrogen-bond donors (Lipinski definition) is 1. The molecular formula is C19H22N2O4. The molecule has 0 atom stereocenters. The molecule has 3 heterocycles. The number of nitrogens with one attached hydrogen (secondary N) is 1. The molecule has 6 nitrogen and oxygen atoms in total. The number of aromatic amines is 1. The molecule has 0 unspecified atom stereocenters. The minimum absolute atomic E-state index is 0.0706. The Balaban J connectivity index is 1.47. The highest BCUT2D eigenvalue weighted by Crippen LogP contribution is 2.35. The molecule has 2 aliphatic heterocycles. The molecule has 0 saturated carbocycles. The molecule has 1 saturated heterocycles.